The highest BCUT2D eigenvalue weighted by atomic mass is 16.6. The minimum Gasteiger partial charge on any atom is -0.476 e. The predicted octanol–water partition coefficient (Wildman–Crippen LogP) is 5.02. The summed E-state index contributed by atoms with van der Waals surface area (Å²) in [4.78, 5) is 12.4. The van der Waals surface area contributed by atoms with Crippen molar-refractivity contribution in [3.8, 4) is 5.75 Å². The van der Waals surface area contributed by atoms with Crippen LogP contribution in [0.4, 0.5) is 0 Å². The van der Waals surface area contributed by atoms with Gasteiger partial charge >= 0.3 is 5.97 Å². The van der Waals surface area contributed by atoms with Crippen LogP contribution in [0.15, 0.2) is 18.2 Å². The molecule has 4 nitrogen and oxygen atoms in total. The number of hydrogen-bond acceptors (Lipinski definition) is 4. The Hall–Kier alpha value is -1.55. The van der Waals surface area contributed by atoms with E-state index in [-0.39, 0.29) is 5.97 Å². The van der Waals surface area contributed by atoms with E-state index < -0.39 is 11.2 Å². The van der Waals surface area contributed by atoms with Crippen molar-refractivity contribution in [1.29, 1.82) is 0 Å². The molecule has 1 saturated carbocycles. The molecule has 2 rings (SSSR count). The van der Waals surface area contributed by atoms with Crippen LogP contribution >= 0.6 is 0 Å². The number of aryl methyl sites for hydroxylation is 1. The summed E-state index contributed by atoms with van der Waals surface area (Å²) < 4.78 is 11.5. The van der Waals surface area contributed by atoms with Crippen LogP contribution in [0.5, 0.6) is 5.75 Å². The summed E-state index contributed by atoms with van der Waals surface area (Å²) in [5.41, 5.74) is 0.697. The molecule has 1 aromatic carbocycles. The summed E-state index contributed by atoms with van der Waals surface area (Å²) in [5.74, 6) is 1.83. The van der Waals surface area contributed by atoms with Gasteiger partial charge in [-0.25, -0.2) is 4.79 Å². The zero-order valence-corrected chi connectivity index (χ0v) is 18.3. The summed E-state index contributed by atoms with van der Waals surface area (Å²) in [6.45, 7) is 16.6. The van der Waals surface area contributed by atoms with E-state index in [1.807, 2.05) is 33.8 Å². The molecule has 0 aliphatic heterocycles. The Morgan fingerprint density at radius 3 is 2.22 bits per heavy atom. The van der Waals surface area contributed by atoms with Crippen LogP contribution in [-0.2, 0) is 16.1 Å². The highest BCUT2D eigenvalue weighted by molar-refractivity contribution is 5.79. The lowest BCUT2D eigenvalue weighted by atomic mass is 10.00. The fourth-order valence-corrected chi connectivity index (χ4v) is 3.74. The molecule has 0 bridgehead atoms. The fraction of sp³-hybridized carbons (Fsp3) is 0.696. The van der Waals surface area contributed by atoms with Gasteiger partial charge in [-0.2, -0.15) is 0 Å². The van der Waals surface area contributed by atoms with Gasteiger partial charge in [-0.15, -0.1) is 0 Å². The molecule has 0 heterocycles. The zero-order chi connectivity index (χ0) is 20.4. The summed E-state index contributed by atoms with van der Waals surface area (Å²) in [6.07, 6.45) is 2.62. The predicted molar refractivity (Wildman–Crippen MR) is 110 cm³/mol. The van der Waals surface area contributed by atoms with Gasteiger partial charge in [-0.3, -0.25) is 0 Å². The van der Waals surface area contributed by atoms with E-state index in [2.05, 4.69) is 31.3 Å². The van der Waals surface area contributed by atoms with Gasteiger partial charge in [0.1, 0.15) is 11.4 Å². The van der Waals surface area contributed by atoms with Crippen molar-refractivity contribution < 1.29 is 14.3 Å². The molecule has 1 aromatic rings. The van der Waals surface area contributed by atoms with Crippen LogP contribution < -0.4 is 10.1 Å². The fourth-order valence-electron chi connectivity index (χ4n) is 3.74. The van der Waals surface area contributed by atoms with Crippen LogP contribution in [-0.4, -0.2) is 23.2 Å². The molecule has 1 aliphatic carbocycles. The third-order valence-electron chi connectivity index (χ3n) is 5.34. The largest absolute Gasteiger partial charge is 0.476 e. The molecule has 0 saturated heterocycles. The number of benzene rings is 1. The summed E-state index contributed by atoms with van der Waals surface area (Å²) in [7, 11) is 0. The molecule has 1 fully saturated rings. The van der Waals surface area contributed by atoms with E-state index in [0.717, 1.165) is 29.7 Å². The van der Waals surface area contributed by atoms with E-state index in [1.54, 1.807) is 13.8 Å². The summed E-state index contributed by atoms with van der Waals surface area (Å²) in [5, 5.41) is 3.72. The minimum absolute atomic E-state index is 0.357. The Bertz CT molecular complexity index is 650. The number of carbonyl (C=O) groups is 1. The van der Waals surface area contributed by atoms with E-state index >= 15 is 0 Å². The average molecular weight is 376 g/mol. The Morgan fingerprint density at radius 1 is 1.11 bits per heavy atom. The Balaban J connectivity index is 2.00. The SMILES string of the molecule is Cc1cc(CNC2C(C)CCC2C)ccc1OC(C)(C)C(=O)OC(C)(C)C. The first-order valence-electron chi connectivity index (χ1n) is 10.1. The van der Waals surface area contributed by atoms with Crippen molar-refractivity contribution >= 4 is 5.97 Å². The molecule has 1 N–H and O–H groups in total. The van der Waals surface area contributed by atoms with Crippen molar-refractivity contribution in [2.75, 3.05) is 0 Å². The second-order valence-corrected chi connectivity index (χ2v) is 9.65. The maximum Gasteiger partial charge on any atom is 0.350 e. The smallest absolute Gasteiger partial charge is 0.350 e. The van der Waals surface area contributed by atoms with Crippen LogP contribution in [0.3, 0.4) is 0 Å². The van der Waals surface area contributed by atoms with Crippen LogP contribution in [0.2, 0.25) is 0 Å². The summed E-state index contributed by atoms with van der Waals surface area (Å²) in [6, 6.07) is 6.76. The highest BCUT2D eigenvalue weighted by Gasteiger charge is 2.35. The normalized spacial score (nSPS) is 23.3. The van der Waals surface area contributed by atoms with Crippen LogP contribution in [0.1, 0.15) is 72.4 Å². The molecule has 2 atom stereocenters. The van der Waals surface area contributed by atoms with Crippen LogP contribution in [0.25, 0.3) is 0 Å². The second-order valence-electron chi connectivity index (χ2n) is 9.65. The topological polar surface area (TPSA) is 47.6 Å². The quantitative estimate of drug-likeness (QED) is 0.709. The second kappa shape index (κ2) is 8.22. The lowest BCUT2D eigenvalue weighted by Crippen LogP contribution is -2.43. The maximum absolute atomic E-state index is 12.4. The lowest BCUT2D eigenvalue weighted by molar-refractivity contribution is -0.170. The van der Waals surface area contributed by atoms with Gasteiger partial charge in [0.05, 0.1) is 0 Å². The molecule has 0 spiro atoms. The Morgan fingerprint density at radius 2 is 1.70 bits per heavy atom. The number of nitrogens with one attached hydrogen (secondary N) is 1. The van der Waals surface area contributed by atoms with Gasteiger partial charge in [0, 0.05) is 12.6 Å². The van der Waals surface area contributed by atoms with E-state index in [0.29, 0.717) is 6.04 Å². The zero-order valence-electron chi connectivity index (χ0n) is 18.3. The lowest BCUT2D eigenvalue weighted by Gasteiger charge is -2.29. The Labute approximate surface area is 165 Å². The number of rotatable bonds is 6. The molecule has 0 aromatic heterocycles. The standard InChI is InChI=1S/C23H37NO3/c1-15-9-10-16(2)20(15)24-14-18-11-12-19(17(3)13-18)26-23(7,8)21(25)27-22(4,5)6/h11-13,15-16,20,24H,9-10,14H2,1-8H3. The molecule has 0 radical (unpaired) electrons. The molecular weight excluding hydrogens is 338 g/mol. The third-order valence-corrected chi connectivity index (χ3v) is 5.34. The van der Waals surface area contributed by atoms with Gasteiger partial charge in [0.2, 0.25) is 0 Å². The third kappa shape index (κ3) is 5.97. The molecule has 4 heteroatoms. The number of carbonyl (C=O) groups excluding carboxylic acids is 1. The first-order chi connectivity index (χ1) is 12.4. The number of ether oxygens (including phenoxy) is 2. The molecule has 0 amide bonds. The van der Waals surface area contributed by atoms with Crippen molar-refractivity contribution in [3.63, 3.8) is 0 Å². The molecular formula is C23H37NO3. The van der Waals surface area contributed by atoms with E-state index in [9.17, 15) is 4.79 Å². The number of esters is 1. The highest BCUT2D eigenvalue weighted by Crippen LogP contribution is 2.31. The monoisotopic (exact) mass is 375 g/mol. The first kappa shape index (κ1) is 21.7. The van der Waals surface area contributed by atoms with Gasteiger partial charge in [0.15, 0.2) is 5.60 Å². The first-order valence-corrected chi connectivity index (χ1v) is 10.1. The van der Waals surface area contributed by atoms with E-state index in [4.69, 9.17) is 9.47 Å². The van der Waals surface area contributed by atoms with Crippen LogP contribution in [0, 0.1) is 18.8 Å². The van der Waals surface area contributed by atoms with Gasteiger partial charge < -0.3 is 14.8 Å². The van der Waals surface area contributed by atoms with E-state index in [1.165, 1.54) is 18.4 Å². The molecule has 152 valence electrons. The average Bonchev–Trinajstić information content (AvgIpc) is 2.84. The Kier molecular flexibility index (Phi) is 6.62. The molecule has 2 unspecified atom stereocenters. The maximum atomic E-state index is 12.4. The van der Waals surface area contributed by atoms with Crippen molar-refractivity contribution in [2.45, 2.75) is 92.0 Å². The van der Waals surface area contributed by atoms with Gasteiger partial charge in [-0.05, 0) is 83.4 Å². The van der Waals surface area contributed by atoms with Crippen molar-refractivity contribution in [1.82, 2.24) is 5.32 Å². The van der Waals surface area contributed by atoms with Gasteiger partial charge in [-0.1, -0.05) is 26.0 Å². The number of hydrogen-bond donors (Lipinski definition) is 1. The molecule has 27 heavy (non-hydrogen) atoms. The van der Waals surface area contributed by atoms with Crippen molar-refractivity contribution in [2.24, 2.45) is 11.8 Å². The molecule has 1 aliphatic rings. The van der Waals surface area contributed by atoms with Gasteiger partial charge in [0.25, 0.3) is 0 Å². The summed E-state index contributed by atoms with van der Waals surface area (Å²) >= 11 is 0. The van der Waals surface area contributed by atoms with Crippen molar-refractivity contribution in [3.05, 3.63) is 29.3 Å². The minimum atomic E-state index is -1.04.